The quantitative estimate of drug-likeness (QED) is 0.590. The van der Waals surface area contributed by atoms with Crippen molar-refractivity contribution in [2.45, 2.75) is 70.7 Å². The summed E-state index contributed by atoms with van der Waals surface area (Å²) in [5, 5.41) is 16.0. The van der Waals surface area contributed by atoms with Crippen LogP contribution in [0.25, 0.3) is 0 Å². The number of aliphatic carboxylic acids is 1. The first-order chi connectivity index (χ1) is 13.5. The van der Waals surface area contributed by atoms with Crippen molar-refractivity contribution in [1.29, 1.82) is 0 Å². The first-order valence-electron chi connectivity index (χ1n) is 10.4. The van der Waals surface area contributed by atoms with Crippen molar-refractivity contribution in [3.63, 3.8) is 0 Å². The highest BCUT2D eigenvalue weighted by Gasteiger charge is 2.34. The van der Waals surface area contributed by atoms with Crippen LogP contribution < -0.4 is 10.6 Å². The van der Waals surface area contributed by atoms with Crippen molar-refractivity contribution in [1.82, 2.24) is 14.9 Å². The van der Waals surface area contributed by atoms with Gasteiger partial charge in [-0.1, -0.05) is 20.8 Å². The number of carboxylic acids is 1. The molecule has 2 unspecified atom stereocenters. The molecule has 3 rings (SSSR count). The third-order valence-electron chi connectivity index (χ3n) is 5.75. The van der Waals surface area contributed by atoms with E-state index in [0.29, 0.717) is 18.0 Å². The molecule has 2 aliphatic rings. The third kappa shape index (κ3) is 5.32. The van der Waals surface area contributed by atoms with Gasteiger partial charge in [0, 0.05) is 24.8 Å². The summed E-state index contributed by atoms with van der Waals surface area (Å²) < 4.78 is 5.95. The number of nitrogens with zero attached hydrogens (tertiary/aromatic N) is 3. The van der Waals surface area contributed by atoms with Crippen molar-refractivity contribution in [2.75, 3.05) is 30.3 Å². The van der Waals surface area contributed by atoms with E-state index in [2.05, 4.69) is 34.4 Å². The highest BCUT2D eigenvalue weighted by Crippen LogP contribution is 2.29. The van der Waals surface area contributed by atoms with Crippen molar-refractivity contribution >= 4 is 17.6 Å². The van der Waals surface area contributed by atoms with E-state index in [-0.39, 0.29) is 18.7 Å². The molecule has 0 spiro atoms. The summed E-state index contributed by atoms with van der Waals surface area (Å²) in [6.07, 6.45) is 5.78. The van der Waals surface area contributed by atoms with E-state index in [4.69, 9.17) is 9.84 Å². The molecule has 0 aromatic carbocycles. The molecule has 1 saturated heterocycles. The minimum absolute atomic E-state index is 0.107. The first-order valence-corrected chi connectivity index (χ1v) is 10.4. The lowest BCUT2D eigenvalue weighted by molar-refractivity contribution is -0.139. The van der Waals surface area contributed by atoms with Crippen molar-refractivity contribution < 1.29 is 14.6 Å². The monoisotopic (exact) mass is 391 g/mol. The van der Waals surface area contributed by atoms with Gasteiger partial charge in [-0.15, -0.1) is 0 Å². The van der Waals surface area contributed by atoms with Gasteiger partial charge in [0.1, 0.15) is 18.0 Å². The average molecular weight is 392 g/mol. The van der Waals surface area contributed by atoms with Gasteiger partial charge in [-0.3, -0.25) is 9.69 Å². The molecule has 3 N–H and O–H groups in total. The van der Waals surface area contributed by atoms with Crippen molar-refractivity contribution in [3.8, 4) is 0 Å². The molecule has 1 saturated carbocycles. The number of hydrogen-bond acceptors (Lipinski definition) is 7. The Balaban J connectivity index is 1.52. The molecule has 2 heterocycles. The molecule has 1 aromatic heterocycles. The van der Waals surface area contributed by atoms with Crippen LogP contribution in [-0.2, 0) is 9.53 Å². The van der Waals surface area contributed by atoms with Crippen LogP contribution in [0, 0.1) is 5.92 Å². The van der Waals surface area contributed by atoms with Crippen LogP contribution in [0.3, 0.4) is 0 Å². The molecular formula is C20H33N5O3. The van der Waals surface area contributed by atoms with Crippen LogP contribution in [-0.4, -0.2) is 69.9 Å². The molecule has 2 fully saturated rings. The molecule has 0 bridgehead atoms. The number of rotatable bonds is 9. The van der Waals surface area contributed by atoms with Gasteiger partial charge in [0.05, 0.1) is 18.7 Å². The summed E-state index contributed by atoms with van der Waals surface area (Å²) in [7, 11) is 0. The number of carboxylic acid groups (broad SMARTS) is 1. The van der Waals surface area contributed by atoms with E-state index in [1.807, 2.05) is 17.9 Å². The minimum Gasteiger partial charge on any atom is -0.480 e. The zero-order valence-corrected chi connectivity index (χ0v) is 17.1. The SMILES string of the molecule is CCN(CC(=O)O)C1CC(Nc2cc(NC3CCCOC3C(C)C)ncn2)C1. The number of nitrogens with one attached hydrogen (secondary N) is 2. The molecule has 28 heavy (non-hydrogen) atoms. The molecule has 1 aliphatic carbocycles. The van der Waals surface area contributed by atoms with Gasteiger partial charge in [-0.05, 0) is 38.1 Å². The maximum Gasteiger partial charge on any atom is 0.317 e. The fourth-order valence-corrected chi connectivity index (χ4v) is 4.21. The van der Waals surface area contributed by atoms with Crippen LogP contribution in [0.4, 0.5) is 11.6 Å². The lowest BCUT2D eigenvalue weighted by Crippen LogP contribution is -2.51. The Labute approximate surface area is 167 Å². The Hall–Kier alpha value is -1.93. The van der Waals surface area contributed by atoms with Gasteiger partial charge in [0.2, 0.25) is 0 Å². The molecule has 8 heteroatoms. The third-order valence-corrected chi connectivity index (χ3v) is 5.75. The van der Waals surface area contributed by atoms with Crippen LogP contribution in [0.2, 0.25) is 0 Å². The fraction of sp³-hybridized carbons (Fsp3) is 0.750. The maximum atomic E-state index is 11.0. The predicted molar refractivity (Wildman–Crippen MR) is 109 cm³/mol. The number of likely N-dealkylation sites (N-methyl/N-ethyl adjacent to an activating group) is 1. The highest BCUT2D eigenvalue weighted by atomic mass is 16.5. The van der Waals surface area contributed by atoms with Gasteiger partial charge >= 0.3 is 5.97 Å². The Morgan fingerprint density at radius 1 is 1.32 bits per heavy atom. The maximum absolute atomic E-state index is 11.0. The van der Waals surface area contributed by atoms with Crippen LogP contribution in [0.1, 0.15) is 46.5 Å². The van der Waals surface area contributed by atoms with Crippen LogP contribution >= 0.6 is 0 Å². The fourth-order valence-electron chi connectivity index (χ4n) is 4.21. The Morgan fingerprint density at radius 2 is 2.04 bits per heavy atom. The molecule has 0 radical (unpaired) electrons. The normalized spacial score (nSPS) is 27.5. The lowest BCUT2D eigenvalue weighted by Gasteiger charge is -2.42. The zero-order chi connectivity index (χ0) is 20.1. The smallest absolute Gasteiger partial charge is 0.317 e. The van der Waals surface area contributed by atoms with E-state index < -0.39 is 5.97 Å². The summed E-state index contributed by atoms with van der Waals surface area (Å²) in [4.78, 5) is 21.7. The second kappa shape index (κ2) is 9.52. The number of ether oxygens (including phenoxy) is 1. The summed E-state index contributed by atoms with van der Waals surface area (Å²) in [6.45, 7) is 8.08. The second-order valence-electron chi connectivity index (χ2n) is 8.18. The topological polar surface area (TPSA) is 99.6 Å². The standard InChI is InChI=1S/C20H33N5O3/c1-4-25(11-19(26)27)15-8-14(9-15)23-17-10-18(22-12-21-17)24-16-6-5-7-28-20(16)13(2)3/h10,12-16,20H,4-9,11H2,1-3H3,(H,26,27)(H2,21,22,23,24). The summed E-state index contributed by atoms with van der Waals surface area (Å²) in [6, 6.07) is 2.86. The van der Waals surface area contributed by atoms with E-state index >= 15 is 0 Å². The summed E-state index contributed by atoms with van der Waals surface area (Å²) in [5.74, 6) is 1.31. The van der Waals surface area contributed by atoms with Crippen molar-refractivity contribution in [2.24, 2.45) is 5.92 Å². The largest absolute Gasteiger partial charge is 0.480 e. The molecule has 1 aromatic rings. The molecular weight excluding hydrogens is 358 g/mol. The Kier molecular flexibility index (Phi) is 7.07. The van der Waals surface area contributed by atoms with Gasteiger partial charge in [-0.25, -0.2) is 9.97 Å². The molecule has 1 aliphatic heterocycles. The lowest BCUT2D eigenvalue weighted by atomic mass is 9.85. The van der Waals surface area contributed by atoms with E-state index in [1.165, 1.54) is 0 Å². The molecule has 0 amide bonds. The van der Waals surface area contributed by atoms with E-state index in [0.717, 1.165) is 50.5 Å². The van der Waals surface area contributed by atoms with Gasteiger partial charge < -0.3 is 20.5 Å². The second-order valence-corrected chi connectivity index (χ2v) is 8.18. The number of carbonyl (C=O) groups is 1. The Bertz CT molecular complexity index is 650. The van der Waals surface area contributed by atoms with Gasteiger partial charge in [0.15, 0.2) is 0 Å². The first kappa shape index (κ1) is 20.8. The average Bonchev–Trinajstić information content (AvgIpc) is 2.63. The number of aromatic nitrogens is 2. The summed E-state index contributed by atoms with van der Waals surface area (Å²) in [5.41, 5.74) is 0. The zero-order valence-electron chi connectivity index (χ0n) is 17.1. The molecule has 156 valence electrons. The predicted octanol–water partition coefficient (Wildman–Crippen LogP) is 2.44. The number of hydrogen-bond donors (Lipinski definition) is 3. The minimum atomic E-state index is -0.767. The van der Waals surface area contributed by atoms with Gasteiger partial charge in [0.25, 0.3) is 0 Å². The highest BCUT2D eigenvalue weighted by molar-refractivity contribution is 5.69. The summed E-state index contributed by atoms with van der Waals surface area (Å²) >= 11 is 0. The number of anilines is 2. The van der Waals surface area contributed by atoms with Crippen LogP contribution in [0.5, 0.6) is 0 Å². The van der Waals surface area contributed by atoms with Crippen LogP contribution in [0.15, 0.2) is 12.4 Å². The van der Waals surface area contributed by atoms with E-state index in [9.17, 15) is 4.79 Å². The Morgan fingerprint density at radius 3 is 2.68 bits per heavy atom. The molecule has 8 nitrogen and oxygen atoms in total. The van der Waals surface area contributed by atoms with Crippen molar-refractivity contribution in [3.05, 3.63) is 12.4 Å². The van der Waals surface area contributed by atoms with E-state index in [1.54, 1.807) is 6.33 Å². The van der Waals surface area contributed by atoms with Gasteiger partial charge in [-0.2, -0.15) is 0 Å². The molecule has 2 atom stereocenters.